The SMILES string of the molecule is COC(=O)c1cnc(C(C)(C)SC)[nH]c1=O. The van der Waals surface area contributed by atoms with Crippen molar-refractivity contribution in [2.45, 2.75) is 18.6 Å². The number of nitrogens with one attached hydrogen (secondary N) is 1. The average Bonchev–Trinajstić information content (AvgIpc) is 2.28. The second kappa shape index (κ2) is 4.69. The minimum atomic E-state index is -0.678. The lowest BCUT2D eigenvalue weighted by molar-refractivity contribution is 0.0598. The Balaban J connectivity index is 3.19. The average molecular weight is 242 g/mol. The van der Waals surface area contributed by atoms with Gasteiger partial charge in [-0.3, -0.25) is 4.79 Å². The van der Waals surface area contributed by atoms with Gasteiger partial charge in [0.15, 0.2) is 0 Å². The third-order valence-corrected chi connectivity index (χ3v) is 3.50. The first-order valence-corrected chi connectivity index (χ1v) is 5.88. The molecule has 0 bridgehead atoms. The lowest BCUT2D eigenvalue weighted by Gasteiger charge is -2.20. The maximum atomic E-state index is 11.6. The Kier molecular flexibility index (Phi) is 3.74. The molecule has 1 N–H and O–H groups in total. The molecule has 1 aromatic rings. The van der Waals surface area contributed by atoms with Gasteiger partial charge in [-0.2, -0.15) is 11.8 Å². The summed E-state index contributed by atoms with van der Waals surface area (Å²) >= 11 is 1.56. The first-order valence-electron chi connectivity index (χ1n) is 4.65. The van der Waals surface area contributed by atoms with Gasteiger partial charge in [-0.15, -0.1) is 0 Å². The standard InChI is InChI=1S/C10H14N2O3S/c1-10(2,16-4)9-11-5-6(7(13)12-9)8(14)15-3/h5H,1-4H3,(H,11,12,13). The molecule has 0 amide bonds. The smallest absolute Gasteiger partial charge is 0.345 e. The molecule has 0 atom stereocenters. The van der Waals surface area contributed by atoms with Crippen molar-refractivity contribution in [2.24, 2.45) is 0 Å². The second-order valence-electron chi connectivity index (χ2n) is 3.68. The molecule has 0 aliphatic carbocycles. The zero-order valence-electron chi connectivity index (χ0n) is 9.66. The number of hydrogen-bond acceptors (Lipinski definition) is 5. The first kappa shape index (κ1) is 12.8. The van der Waals surface area contributed by atoms with E-state index < -0.39 is 11.5 Å². The van der Waals surface area contributed by atoms with Crippen molar-refractivity contribution >= 4 is 17.7 Å². The van der Waals surface area contributed by atoms with Crippen molar-refractivity contribution in [3.05, 3.63) is 27.9 Å². The molecule has 0 spiro atoms. The van der Waals surface area contributed by atoms with Crippen LogP contribution in [0.3, 0.4) is 0 Å². The molecule has 0 unspecified atom stereocenters. The molecule has 6 heteroatoms. The number of thioether (sulfide) groups is 1. The van der Waals surface area contributed by atoms with Gasteiger partial charge in [-0.1, -0.05) is 0 Å². The van der Waals surface area contributed by atoms with Crippen LogP contribution in [-0.4, -0.2) is 29.3 Å². The van der Waals surface area contributed by atoms with Gasteiger partial charge >= 0.3 is 5.97 Å². The predicted molar refractivity (Wildman–Crippen MR) is 62.7 cm³/mol. The fourth-order valence-electron chi connectivity index (χ4n) is 1.05. The van der Waals surface area contributed by atoms with Gasteiger partial charge in [0.2, 0.25) is 0 Å². The molecule has 0 fully saturated rings. The van der Waals surface area contributed by atoms with Crippen LogP contribution in [0.25, 0.3) is 0 Å². The number of esters is 1. The van der Waals surface area contributed by atoms with Gasteiger partial charge in [0.05, 0.1) is 11.9 Å². The Hall–Kier alpha value is -1.30. The molecule has 1 aromatic heterocycles. The van der Waals surface area contributed by atoms with E-state index in [2.05, 4.69) is 14.7 Å². The zero-order valence-corrected chi connectivity index (χ0v) is 10.5. The highest BCUT2D eigenvalue weighted by Crippen LogP contribution is 2.29. The number of aromatic nitrogens is 2. The van der Waals surface area contributed by atoms with Gasteiger partial charge in [0.25, 0.3) is 5.56 Å². The minimum Gasteiger partial charge on any atom is -0.465 e. The Bertz CT molecular complexity index is 454. The topological polar surface area (TPSA) is 72.0 Å². The second-order valence-corrected chi connectivity index (χ2v) is 5.11. The number of ether oxygens (including phenoxy) is 1. The van der Waals surface area contributed by atoms with E-state index in [9.17, 15) is 9.59 Å². The molecule has 5 nitrogen and oxygen atoms in total. The van der Waals surface area contributed by atoms with E-state index in [-0.39, 0.29) is 10.3 Å². The lowest BCUT2D eigenvalue weighted by atomic mass is 10.2. The predicted octanol–water partition coefficient (Wildman–Crippen LogP) is 1.15. The van der Waals surface area contributed by atoms with Crippen molar-refractivity contribution in [1.82, 2.24) is 9.97 Å². The number of rotatable bonds is 3. The molecule has 1 rings (SSSR count). The first-order chi connectivity index (χ1) is 7.42. The summed E-state index contributed by atoms with van der Waals surface area (Å²) in [6.45, 7) is 3.88. The molecule has 0 aromatic carbocycles. The number of aromatic amines is 1. The maximum Gasteiger partial charge on any atom is 0.345 e. The molecule has 0 saturated carbocycles. The zero-order chi connectivity index (χ0) is 12.3. The van der Waals surface area contributed by atoms with Crippen LogP contribution < -0.4 is 5.56 Å². The van der Waals surface area contributed by atoms with E-state index in [0.29, 0.717) is 5.82 Å². The van der Waals surface area contributed by atoms with Gasteiger partial charge in [-0.05, 0) is 20.1 Å². The highest BCUT2D eigenvalue weighted by atomic mass is 32.2. The molecule has 0 saturated heterocycles. The van der Waals surface area contributed by atoms with Gasteiger partial charge < -0.3 is 9.72 Å². The van der Waals surface area contributed by atoms with Gasteiger partial charge in [0, 0.05) is 6.20 Å². The third kappa shape index (κ3) is 2.44. The number of methoxy groups -OCH3 is 1. The fraction of sp³-hybridized carbons (Fsp3) is 0.500. The van der Waals surface area contributed by atoms with Crippen molar-refractivity contribution in [1.29, 1.82) is 0 Å². The quantitative estimate of drug-likeness (QED) is 0.805. The van der Waals surface area contributed by atoms with Crippen molar-refractivity contribution in [3.63, 3.8) is 0 Å². The summed E-state index contributed by atoms with van der Waals surface area (Å²) in [5.41, 5.74) is -0.554. The number of hydrogen-bond donors (Lipinski definition) is 1. The monoisotopic (exact) mass is 242 g/mol. The Morgan fingerprint density at radius 3 is 2.62 bits per heavy atom. The summed E-state index contributed by atoms with van der Waals surface area (Å²) in [6.07, 6.45) is 3.17. The molecule has 0 radical (unpaired) electrons. The fourth-order valence-corrected chi connectivity index (χ4v) is 1.35. The highest BCUT2D eigenvalue weighted by molar-refractivity contribution is 7.99. The summed E-state index contributed by atoms with van der Waals surface area (Å²) < 4.78 is 4.17. The Morgan fingerprint density at radius 1 is 1.56 bits per heavy atom. The molecular weight excluding hydrogens is 228 g/mol. The Morgan fingerprint density at radius 2 is 2.19 bits per heavy atom. The maximum absolute atomic E-state index is 11.6. The van der Waals surface area contributed by atoms with E-state index in [1.54, 1.807) is 11.8 Å². The molecule has 1 heterocycles. The number of carbonyl (C=O) groups is 1. The lowest BCUT2D eigenvalue weighted by Crippen LogP contribution is -2.26. The normalized spacial score (nSPS) is 11.2. The summed E-state index contributed by atoms with van der Waals surface area (Å²) in [6, 6.07) is 0. The molecule has 88 valence electrons. The number of carbonyl (C=O) groups excluding carboxylic acids is 1. The summed E-state index contributed by atoms with van der Waals surface area (Å²) in [7, 11) is 1.22. The minimum absolute atomic E-state index is 0.0804. The van der Waals surface area contributed by atoms with Crippen LogP contribution in [-0.2, 0) is 9.48 Å². The van der Waals surface area contributed by atoms with E-state index >= 15 is 0 Å². The number of H-pyrrole nitrogens is 1. The molecule has 0 aliphatic heterocycles. The van der Waals surface area contributed by atoms with Crippen LogP contribution in [0, 0.1) is 0 Å². The van der Waals surface area contributed by atoms with Crippen molar-refractivity contribution in [2.75, 3.05) is 13.4 Å². The van der Waals surface area contributed by atoms with Crippen LogP contribution in [0.4, 0.5) is 0 Å². The van der Waals surface area contributed by atoms with Gasteiger partial charge in [0.1, 0.15) is 11.4 Å². The molecule has 16 heavy (non-hydrogen) atoms. The van der Waals surface area contributed by atoms with Crippen molar-refractivity contribution in [3.8, 4) is 0 Å². The van der Waals surface area contributed by atoms with Crippen LogP contribution in [0.5, 0.6) is 0 Å². The largest absolute Gasteiger partial charge is 0.465 e. The van der Waals surface area contributed by atoms with Crippen LogP contribution in [0.1, 0.15) is 30.0 Å². The van der Waals surface area contributed by atoms with E-state index in [4.69, 9.17) is 0 Å². The third-order valence-electron chi connectivity index (χ3n) is 2.29. The van der Waals surface area contributed by atoms with E-state index in [0.717, 1.165) is 0 Å². The van der Waals surface area contributed by atoms with Crippen LogP contribution in [0.15, 0.2) is 11.0 Å². The summed E-state index contributed by atoms with van der Waals surface area (Å²) in [5, 5.41) is 0. The van der Waals surface area contributed by atoms with Crippen LogP contribution in [0.2, 0.25) is 0 Å². The van der Waals surface area contributed by atoms with Gasteiger partial charge in [-0.25, -0.2) is 9.78 Å². The summed E-state index contributed by atoms with van der Waals surface area (Å²) in [5.74, 6) is -0.139. The highest BCUT2D eigenvalue weighted by Gasteiger charge is 2.23. The molecular formula is C10H14N2O3S. The van der Waals surface area contributed by atoms with Crippen LogP contribution >= 0.6 is 11.8 Å². The summed E-state index contributed by atoms with van der Waals surface area (Å²) in [4.78, 5) is 29.4. The van der Waals surface area contributed by atoms with E-state index in [1.807, 2.05) is 20.1 Å². The number of nitrogens with zero attached hydrogens (tertiary/aromatic N) is 1. The van der Waals surface area contributed by atoms with E-state index in [1.165, 1.54) is 13.3 Å². The van der Waals surface area contributed by atoms with Crippen molar-refractivity contribution < 1.29 is 9.53 Å². The molecule has 0 aliphatic rings. The Labute approximate surface area is 97.6 Å².